The van der Waals surface area contributed by atoms with Gasteiger partial charge in [0.15, 0.2) is 0 Å². The van der Waals surface area contributed by atoms with Gasteiger partial charge < -0.3 is 20.5 Å². The maximum Gasteiger partial charge on any atom is 0.439 e. The van der Waals surface area contributed by atoms with Crippen molar-refractivity contribution in [3.8, 4) is 0 Å². The van der Waals surface area contributed by atoms with Crippen molar-refractivity contribution in [2.45, 2.75) is 36.7 Å². The molecule has 2 aromatic carbocycles. The lowest BCUT2D eigenvalue weighted by molar-refractivity contribution is -0.294. The van der Waals surface area contributed by atoms with Gasteiger partial charge in [0.2, 0.25) is 0 Å². The normalized spacial score (nSPS) is 14.6. The summed E-state index contributed by atoms with van der Waals surface area (Å²) in [6.45, 7) is 1.56. The summed E-state index contributed by atoms with van der Waals surface area (Å²) < 4.78 is 127. The Morgan fingerprint density at radius 1 is 0.778 bits per heavy atom. The zero-order chi connectivity index (χ0) is 27.7. The third-order valence-electron chi connectivity index (χ3n) is 4.99. The van der Waals surface area contributed by atoms with Crippen LogP contribution in [0, 0.1) is 6.92 Å². The molecule has 0 saturated heterocycles. The summed E-state index contributed by atoms with van der Waals surface area (Å²) >= 11 is 0. The maximum atomic E-state index is 13.8. The van der Waals surface area contributed by atoms with Gasteiger partial charge in [-0.2, -0.15) is 39.5 Å². The Hall–Kier alpha value is -3.49. The van der Waals surface area contributed by atoms with E-state index in [1.165, 1.54) is 12.1 Å². The van der Waals surface area contributed by atoms with E-state index in [0.717, 1.165) is 22.8 Å². The Morgan fingerprint density at radius 2 is 1.25 bits per heavy atom. The van der Waals surface area contributed by atoms with Gasteiger partial charge in [-0.3, -0.25) is 4.79 Å². The lowest BCUT2D eigenvalue weighted by Crippen LogP contribution is -2.72. The Labute approximate surface area is 197 Å². The molecule has 1 amide bonds. The van der Waals surface area contributed by atoms with Crippen molar-refractivity contribution in [1.29, 1.82) is 0 Å². The van der Waals surface area contributed by atoms with Crippen LogP contribution >= 0.6 is 0 Å². The van der Waals surface area contributed by atoms with E-state index in [4.69, 9.17) is 0 Å². The zero-order valence-electron chi connectivity index (χ0n) is 18.2. The van der Waals surface area contributed by atoms with Gasteiger partial charge in [-0.05, 0) is 31.2 Å². The van der Waals surface area contributed by atoms with Gasteiger partial charge in [-0.15, -0.1) is 0 Å². The number of nitrogens with one attached hydrogen (secondary N) is 2. The second-order valence-corrected chi connectivity index (χ2v) is 7.47. The number of alkyl halides is 9. The van der Waals surface area contributed by atoms with E-state index in [1.54, 1.807) is 6.92 Å². The van der Waals surface area contributed by atoms with E-state index in [2.05, 4.69) is 4.74 Å². The highest BCUT2D eigenvalue weighted by atomic mass is 19.4. The molecular weight excluding hydrogens is 515 g/mol. The van der Waals surface area contributed by atoms with Gasteiger partial charge in [0.1, 0.15) is 0 Å². The minimum absolute atomic E-state index is 0.270. The van der Waals surface area contributed by atoms with E-state index in [0.29, 0.717) is 24.8 Å². The molecule has 0 radical (unpaired) electrons. The van der Waals surface area contributed by atoms with E-state index in [-0.39, 0.29) is 12.1 Å². The van der Waals surface area contributed by atoms with E-state index < -0.39 is 58.5 Å². The zero-order valence-corrected chi connectivity index (χ0v) is 18.2. The number of carbonyl (C=O) groups is 2. The predicted octanol–water partition coefficient (Wildman–Crippen LogP) is 4.58. The third-order valence-corrected chi connectivity index (χ3v) is 4.99. The van der Waals surface area contributed by atoms with Crippen LogP contribution in [-0.2, 0) is 15.1 Å². The molecule has 0 fully saturated rings. The lowest BCUT2D eigenvalue weighted by Gasteiger charge is -2.39. The topological polar surface area (TPSA) is 87.7 Å². The predicted molar refractivity (Wildman–Crippen MR) is 106 cm³/mol. The van der Waals surface area contributed by atoms with Crippen LogP contribution < -0.4 is 10.6 Å². The largest absolute Gasteiger partial charge is 0.466 e. The lowest BCUT2D eigenvalue weighted by atomic mass is 9.92. The number of rotatable bonds is 6. The molecular formula is C21H17F9N2O4. The SMILES string of the molecule is COC(=O)[C@@](O)(c1ccc(NC(NC(=O)c2ccc(C)cc2)(C(F)(F)F)C(F)(F)F)cc1)C(F)(F)F. The number of benzene rings is 2. The van der Waals surface area contributed by atoms with Crippen molar-refractivity contribution in [3.63, 3.8) is 0 Å². The van der Waals surface area contributed by atoms with E-state index in [9.17, 15) is 54.2 Å². The number of ether oxygens (including phenoxy) is 1. The number of halogens is 9. The first-order valence-electron chi connectivity index (χ1n) is 9.59. The smallest absolute Gasteiger partial charge is 0.439 e. The second-order valence-electron chi connectivity index (χ2n) is 7.47. The molecule has 15 heteroatoms. The maximum absolute atomic E-state index is 13.8. The summed E-state index contributed by atoms with van der Waals surface area (Å²) in [7, 11) is 0.521. The fraction of sp³-hybridized carbons (Fsp3) is 0.333. The average Bonchev–Trinajstić information content (AvgIpc) is 2.76. The molecule has 2 rings (SSSR count). The molecule has 36 heavy (non-hydrogen) atoms. The van der Waals surface area contributed by atoms with Crippen LogP contribution in [0.1, 0.15) is 21.5 Å². The Balaban J connectivity index is 2.55. The molecule has 0 aliphatic carbocycles. The molecule has 198 valence electrons. The standard InChI is InChI=1S/C21H17F9N2O4/c1-11-3-5-12(6-4-11)15(33)32-18(20(25,26)27,21(28,29)30)31-14-9-7-13(8-10-14)17(35,16(34)36-2)19(22,23)24/h3-10,31,35H,1-2H3,(H,32,33)/t17-/m0/s1. The Bertz CT molecular complexity index is 1080. The first kappa shape index (κ1) is 28.7. The van der Waals surface area contributed by atoms with E-state index >= 15 is 0 Å². The van der Waals surface area contributed by atoms with Crippen LogP contribution in [0.25, 0.3) is 0 Å². The number of aliphatic hydroxyl groups is 1. The van der Waals surface area contributed by atoms with Gasteiger partial charge in [-0.25, -0.2) is 4.79 Å². The average molecular weight is 532 g/mol. The number of methoxy groups -OCH3 is 1. The number of anilines is 1. The van der Waals surface area contributed by atoms with Crippen LogP contribution in [0.15, 0.2) is 48.5 Å². The summed E-state index contributed by atoms with van der Waals surface area (Å²) in [4.78, 5) is 23.9. The van der Waals surface area contributed by atoms with Crippen molar-refractivity contribution in [3.05, 3.63) is 65.2 Å². The number of hydrogen-bond donors (Lipinski definition) is 3. The number of hydrogen-bond acceptors (Lipinski definition) is 5. The monoisotopic (exact) mass is 532 g/mol. The van der Waals surface area contributed by atoms with Crippen LogP contribution in [0.5, 0.6) is 0 Å². The fourth-order valence-corrected chi connectivity index (χ4v) is 2.98. The third kappa shape index (κ3) is 5.20. The molecule has 0 saturated carbocycles. The van der Waals surface area contributed by atoms with Crippen LogP contribution in [-0.4, -0.2) is 48.3 Å². The minimum atomic E-state index is -6.21. The van der Waals surface area contributed by atoms with Gasteiger partial charge >= 0.3 is 30.2 Å². The number of aryl methyl sites for hydroxylation is 1. The molecule has 1 atom stereocenters. The van der Waals surface area contributed by atoms with Gasteiger partial charge in [-0.1, -0.05) is 29.8 Å². The molecule has 0 aromatic heterocycles. The fourth-order valence-electron chi connectivity index (χ4n) is 2.98. The molecule has 0 unspecified atom stereocenters. The molecule has 0 spiro atoms. The van der Waals surface area contributed by atoms with Gasteiger partial charge in [0.05, 0.1) is 7.11 Å². The molecule has 2 aromatic rings. The summed E-state index contributed by atoms with van der Waals surface area (Å²) in [5.74, 6) is -3.95. The second kappa shape index (κ2) is 9.52. The highest BCUT2D eigenvalue weighted by molar-refractivity contribution is 5.95. The molecule has 0 bridgehead atoms. The number of amides is 1. The summed E-state index contributed by atoms with van der Waals surface area (Å²) in [6.07, 6.45) is -18.1. The van der Waals surface area contributed by atoms with Crippen molar-refractivity contribution in [2.24, 2.45) is 0 Å². The van der Waals surface area contributed by atoms with E-state index in [1.807, 2.05) is 0 Å². The van der Waals surface area contributed by atoms with Crippen molar-refractivity contribution >= 4 is 17.6 Å². The van der Waals surface area contributed by atoms with Crippen molar-refractivity contribution < 1.29 is 58.9 Å². The van der Waals surface area contributed by atoms with Crippen molar-refractivity contribution in [2.75, 3.05) is 12.4 Å². The molecule has 0 aliphatic rings. The summed E-state index contributed by atoms with van der Waals surface area (Å²) in [5.41, 5.74) is -11.6. The van der Waals surface area contributed by atoms with Gasteiger partial charge in [0, 0.05) is 16.8 Å². The highest BCUT2D eigenvalue weighted by Crippen LogP contribution is 2.45. The van der Waals surface area contributed by atoms with Crippen LogP contribution in [0.3, 0.4) is 0 Å². The number of esters is 1. The Kier molecular flexibility index (Phi) is 7.60. The quantitative estimate of drug-likeness (QED) is 0.288. The van der Waals surface area contributed by atoms with Crippen LogP contribution in [0.2, 0.25) is 0 Å². The molecule has 0 aliphatic heterocycles. The highest BCUT2D eigenvalue weighted by Gasteiger charge is 2.72. The number of carbonyl (C=O) groups excluding carboxylic acids is 2. The molecule has 3 N–H and O–H groups in total. The molecule has 6 nitrogen and oxygen atoms in total. The van der Waals surface area contributed by atoms with Crippen LogP contribution in [0.4, 0.5) is 45.2 Å². The first-order chi connectivity index (χ1) is 16.3. The minimum Gasteiger partial charge on any atom is -0.466 e. The Morgan fingerprint density at radius 3 is 1.64 bits per heavy atom. The van der Waals surface area contributed by atoms with Gasteiger partial charge in [0.25, 0.3) is 11.5 Å². The van der Waals surface area contributed by atoms with Crippen molar-refractivity contribution in [1.82, 2.24) is 5.32 Å². The summed E-state index contributed by atoms with van der Waals surface area (Å²) in [5, 5.41) is 11.9. The first-order valence-corrected chi connectivity index (χ1v) is 9.59. The summed E-state index contributed by atoms with van der Waals surface area (Å²) in [6, 6.07) is 5.69. The molecule has 0 heterocycles.